The maximum atomic E-state index is 12.4. The number of carbonyl (C=O) groups excluding carboxylic acids is 1. The molecule has 0 saturated heterocycles. The first-order valence-corrected chi connectivity index (χ1v) is 8.30. The van der Waals surface area contributed by atoms with Gasteiger partial charge in [0.1, 0.15) is 11.8 Å². The molecule has 0 bridgehead atoms. The highest BCUT2D eigenvalue weighted by atomic mass is 32.1. The smallest absolute Gasteiger partial charge is 0.226 e. The maximum absolute atomic E-state index is 12.4. The van der Waals surface area contributed by atoms with Crippen molar-refractivity contribution in [1.82, 2.24) is 15.5 Å². The third-order valence-electron chi connectivity index (χ3n) is 3.47. The Hall–Kier alpha value is -2.67. The van der Waals surface area contributed by atoms with Gasteiger partial charge in [0.05, 0.1) is 13.5 Å². The lowest BCUT2D eigenvalue weighted by Crippen LogP contribution is -2.31. The molecule has 0 unspecified atom stereocenters. The SMILES string of the molecule is COc1ccccc1[C@H](NC(=O)Cc1cccs1)c1noc(C)n1. The fourth-order valence-electron chi connectivity index (χ4n) is 2.40. The Morgan fingerprint density at radius 2 is 2.17 bits per heavy atom. The molecule has 1 amide bonds. The third kappa shape index (κ3) is 3.62. The molecule has 0 aliphatic carbocycles. The van der Waals surface area contributed by atoms with Crippen molar-refractivity contribution < 1.29 is 14.1 Å². The Bertz CT molecular complexity index is 814. The Morgan fingerprint density at radius 3 is 2.83 bits per heavy atom. The van der Waals surface area contributed by atoms with Crippen LogP contribution in [0.15, 0.2) is 46.3 Å². The Labute approximate surface area is 143 Å². The van der Waals surface area contributed by atoms with E-state index in [0.29, 0.717) is 23.9 Å². The molecule has 0 spiro atoms. The van der Waals surface area contributed by atoms with Gasteiger partial charge in [-0.05, 0) is 17.5 Å². The summed E-state index contributed by atoms with van der Waals surface area (Å²) in [6.45, 7) is 1.71. The van der Waals surface area contributed by atoms with Gasteiger partial charge in [0.25, 0.3) is 0 Å². The topological polar surface area (TPSA) is 77.2 Å². The highest BCUT2D eigenvalue weighted by Gasteiger charge is 2.25. The summed E-state index contributed by atoms with van der Waals surface area (Å²) in [5, 5.41) is 8.89. The normalized spacial score (nSPS) is 11.9. The van der Waals surface area contributed by atoms with Gasteiger partial charge in [-0.2, -0.15) is 4.98 Å². The summed E-state index contributed by atoms with van der Waals surface area (Å²) in [4.78, 5) is 17.7. The van der Waals surface area contributed by atoms with Gasteiger partial charge in [-0.25, -0.2) is 0 Å². The molecule has 1 aromatic carbocycles. The Balaban J connectivity index is 1.89. The summed E-state index contributed by atoms with van der Waals surface area (Å²) in [7, 11) is 1.59. The van der Waals surface area contributed by atoms with Gasteiger partial charge >= 0.3 is 0 Å². The Morgan fingerprint density at radius 1 is 1.33 bits per heavy atom. The zero-order valence-corrected chi connectivity index (χ0v) is 14.2. The number of aryl methyl sites for hydroxylation is 1. The average molecular weight is 343 g/mol. The summed E-state index contributed by atoms with van der Waals surface area (Å²) >= 11 is 1.55. The quantitative estimate of drug-likeness (QED) is 0.745. The van der Waals surface area contributed by atoms with Gasteiger partial charge in [0.15, 0.2) is 5.82 Å². The number of ether oxygens (including phenoxy) is 1. The first kappa shape index (κ1) is 16.2. The molecule has 0 aliphatic heterocycles. The first-order valence-electron chi connectivity index (χ1n) is 7.42. The van der Waals surface area contributed by atoms with E-state index in [2.05, 4.69) is 15.5 Å². The van der Waals surface area contributed by atoms with Crippen LogP contribution in [0.3, 0.4) is 0 Å². The number of nitrogens with one attached hydrogen (secondary N) is 1. The van der Waals surface area contributed by atoms with Crippen molar-refractivity contribution in [3.8, 4) is 5.75 Å². The predicted molar refractivity (Wildman–Crippen MR) is 90.0 cm³/mol. The van der Waals surface area contributed by atoms with E-state index in [1.54, 1.807) is 25.4 Å². The van der Waals surface area contributed by atoms with Crippen molar-refractivity contribution >= 4 is 17.2 Å². The van der Waals surface area contributed by atoms with Crippen LogP contribution in [-0.2, 0) is 11.2 Å². The summed E-state index contributed by atoms with van der Waals surface area (Å²) in [5.74, 6) is 1.38. The van der Waals surface area contributed by atoms with Crippen LogP contribution in [0.4, 0.5) is 0 Å². The van der Waals surface area contributed by atoms with Crippen molar-refractivity contribution in [2.45, 2.75) is 19.4 Å². The van der Waals surface area contributed by atoms with Crippen LogP contribution >= 0.6 is 11.3 Å². The molecule has 6 nitrogen and oxygen atoms in total. The fraction of sp³-hybridized carbons (Fsp3) is 0.235. The van der Waals surface area contributed by atoms with Crippen LogP contribution in [0, 0.1) is 6.92 Å². The van der Waals surface area contributed by atoms with Crippen molar-refractivity contribution in [2.75, 3.05) is 7.11 Å². The van der Waals surface area contributed by atoms with Crippen LogP contribution in [0.25, 0.3) is 0 Å². The number of hydrogen-bond acceptors (Lipinski definition) is 6. The van der Waals surface area contributed by atoms with Crippen LogP contribution in [0.1, 0.15) is 28.2 Å². The lowest BCUT2D eigenvalue weighted by atomic mass is 10.0. The van der Waals surface area contributed by atoms with Crippen LogP contribution in [0.5, 0.6) is 5.75 Å². The number of benzene rings is 1. The lowest BCUT2D eigenvalue weighted by Gasteiger charge is -2.18. The fourth-order valence-corrected chi connectivity index (χ4v) is 3.11. The van der Waals surface area contributed by atoms with E-state index in [0.717, 1.165) is 10.4 Å². The van der Waals surface area contributed by atoms with Crippen LogP contribution in [0.2, 0.25) is 0 Å². The summed E-state index contributed by atoms with van der Waals surface area (Å²) < 4.78 is 10.5. The third-order valence-corrected chi connectivity index (χ3v) is 4.35. The molecule has 24 heavy (non-hydrogen) atoms. The molecule has 3 rings (SSSR count). The van der Waals surface area contributed by atoms with Crippen molar-refractivity contribution in [1.29, 1.82) is 0 Å². The molecule has 0 fully saturated rings. The summed E-state index contributed by atoms with van der Waals surface area (Å²) in [6.07, 6.45) is 0.306. The van der Waals surface area contributed by atoms with Crippen LogP contribution < -0.4 is 10.1 Å². The van der Waals surface area contributed by atoms with E-state index in [4.69, 9.17) is 9.26 Å². The molecule has 0 aliphatic rings. The van der Waals surface area contributed by atoms with Crippen molar-refractivity contribution in [3.63, 3.8) is 0 Å². The predicted octanol–water partition coefficient (Wildman–Crippen LogP) is 2.90. The van der Waals surface area contributed by atoms with Crippen molar-refractivity contribution in [2.24, 2.45) is 0 Å². The lowest BCUT2D eigenvalue weighted by molar-refractivity contribution is -0.120. The van der Waals surface area contributed by atoms with Crippen molar-refractivity contribution in [3.05, 3.63) is 63.9 Å². The van der Waals surface area contributed by atoms with Gasteiger partial charge in [-0.15, -0.1) is 11.3 Å². The van der Waals surface area contributed by atoms with Crippen LogP contribution in [-0.4, -0.2) is 23.2 Å². The van der Waals surface area contributed by atoms with E-state index >= 15 is 0 Å². The molecule has 0 saturated carbocycles. The molecular weight excluding hydrogens is 326 g/mol. The standard InChI is InChI=1S/C17H17N3O3S/c1-11-18-17(20-23-11)16(13-7-3-4-8-14(13)22-2)19-15(21)10-12-6-5-9-24-12/h3-9,16H,10H2,1-2H3,(H,19,21)/t16-/m0/s1. The second-order valence-corrected chi connectivity index (χ2v) is 6.20. The second-order valence-electron chi connectivity index (χ2n) is 5.17. The largest absolute Gasteiger partial charge is 0.496 e. The molecular formula is C17H17N3O3S. The number of hydrogen-bond donors (Lipinski definition) is 1. The highest BCUT2D eigenvalue weighted by Crippen LogP contribution is 2.28. The average Bonchev–Trinajstić information content (AvgIpc) is 3.24. The number of nitrogens with zero attached hydrogens (tertiary/aromatic N) is 2. The van der Waals surface area contributed by atoms with Gasteiger partial charge in [0, 0.05) is 17.4 Å². The van der Waals surface area contributed by atoms with Gasteiger partial charge in [-0.1, -0.05) is 29.4 Å². The summed E-state index contributed by atoms with van der Waals surface area (Å²) in [6, 6.07) is 10.8. The number of para-hydroxylation sites is 1. The monoisotopic (exact) mass is 343 g/mol. The van der Waals surface area contributed by atoms with E-state index < -0.39 is 6.04 Å². The van der Waals surface area contributed by atoms with E-state index in [1.165, 1.54) is 0 Å². The molecule has 124 valence electrons. The number of rotatable bonds is 6. The highest BCUT2D eigenvalue weighted by molar-refractivity contribution is 7.10. The van der Waals surface area contributed by atoms with Gasteiger partial charge in [0.2, 0.25) is 11.8 Å². The minimum absolute atomic E-state index is 0.115. The molecule has 2 aromatic heterocycles. The number of aromatic nitrogens is 2. The van der Waals surface area contributed by atoms with E-state index in [1.807, 2.05) is 41.8 Å². The maximum Gasteiger partial charge on any atom is 0.226 e. The number of methoxy groups -OCH3 is 1. The van der Waals surface area contributed by atoms with E-state index in [-0.39, 0.29) is 5.91 Å². The van der Waals surface area contributed by atoms with E-state index in [9.17, 15) is 4.79 Å². The molecule has 2 heterocycles. The summed E-state index contributed by atoms with van der Waals surface area (Å²) in [5.41, 5.74) is 0.778. The van der Waals surface area contributed by atoms with Gasteiger partial charge < -0.3 is 14.6 Å². The number of carbonyl (C=O) groups is 1. The minimum atomic E-state index is -0.536. The molecule has 7 heteroatoms. The molecule has 1 atom stereocenters. The number of thiophene rings is 1. The first-order chi connectivity index (χ1) is 11.7. The molecule has 1 N–H and O–H groups in total. The Kier molecular flexibility index (Phi) is 4.90. The minimum Gasteiger partial charge on any atom is -0.496 e. The second kappa shape index (κ2) is 7.27. The zero-order chi connectivity index (χ0) is 16.9. The number of amides is 1. The molecule has 3 aromatic rings. The van der Waals surface area contributed by atoms with Gasteiger partial charge in [-0.3, -0.25) is 4.79 Å². The zero-order valence-electron chi connectivity index (χ0n) is 13.4. The molecule has 0 radical (unpaired) electrons.